The van der Waals surface area contributed by atoms with Gasteiger partial charge in [-0.25, -0.2) is 9.78 Å². The summed E-state index contributed by atoms with van der Waals surface area (Å²) in [5, 5.41) is 8.38. The van der Waals surface area contributed by atoms with E-state index in [9.17, 15) is 4.79 Å². The van der Waals surface area contributed by atoms with Gasteiger partial charge in [0.1, 0.15) is 0 Å². The Morgan fingerprint density at radius 2 is 2.60 bits per heavy atom. The summed E-state index contributed by atoms with van der Waals surface area (Å²) < 4.78 is 1.48. The quantitative estimate of drug-likeness (QED) is 0.653. The zero-order valence-electron chi connectivity index (χ0n) is 5.19. The van der Waals surface area contributed by atoms with Crippen LogP contribution in [0.1, 0.15) is 10.5 Å². The Morgan fingerprint density at radius 3 is 2.90 bits per heavy atom. The topological polar surface area (TPSA) is 55.1 Å². The lowest BCUT2D eigenvalue weighted by Gasteiger charge is -1.83. The highest BCUT2D eigenvalue weighted by Crippen LogP contribution is 1.94. The predicted octanol–water partition coefficient (Wildman–Crippen LogP) is 0.682. The van der Waals surface area contributed by atoms with Gasteiger partial charge in [0.15, 0.2) is 5.69 Å². The van der Waals surface area contributed by atoms with Crippen LogP contribution >= 0.6 is 0 Å². The van der Waals surface area contributed by atoms with Gasteiger partial charge in [0.05, 0.1) is 6.33 Å². The molecule has 1 N–H and O–H groups in total. The molecule has 0 bridgehead atoms. The van der Waals surface area contributed by atoms with Crippen molar-refractivity contribution in [2.75, 3.05) is 0 Å². The Labute approximate surface area is 57.4 Å². The number of carboxylic acids is 1. The van der Waals surface area contributed by atoms with Crippen LogP contribution in [0.2, 0.25) is 0 Å². The van der Waals surface area contributed by atoms with E-state index >= 15 is 0 Å². The average Bonchev–Trinajstić information content (AvgIpc) is 2.34. The van der Waals surface area contributed by atoms with Gasteiger partial charge in [0, 0.05) is 12.4 Å². The van der Waals surface area contributed by atoms with E-state index in [-0.39, 0.29) is 5.69 Å². The molecule has 52 valence electrons. The van der Waals surface area contributed by atoms with Gasteiger partial charge in [-0.1, -0.05) is 6.58 Å². The van der Waals surface area contributed by atoms with Crippen LogP contribution in [0.3, 0.4) is 0 Å². The molecule has 0 amide bonds. The number of nitrogens with zero attached hydrogens (tertiary/aromatic N) is 2. The van der Waals surface area contributed by atoms with Gasteiger partial charge in [0.25, 0.3) is 0 Å². The van der Waals surface area contributed by atoms with E-state index in [2.05, 4.69) is 11.6 Å². The molecule has 1 aromatic rings. The third-order valence-corrected chi connectivity index (χ3v) is 1.03. The van der Waals surface area contributed by atoms with Crippen molar-refractivity contribution >= 4 is 12.2 Å². The van der Waals surface area contributed by atoms with Crippen LogP contribution in [0, 0.1) is 0 Å². The van der Waals surface area contributed by atoms with Crippen LogP contribution in [0.5, 0.6) is 0 Å². The van der Waals surface area contributed by atoms with E-state index in [0.29, 0.717) is 0 Å². The molecule has 0 aliphatic heterocycles. The minimum Gasteiger partial charge on any atom is -0.476 e. The minimum atomic E-state index is -1.03. The molecule has 0 aromatic carbocycles. The van der Waals surface area contributed by atoms with Crippen molar-refractivity contribution in [3.63, 3.8) is 0 Å². The molecule has 1 aromatic heterocycles. The average molecular weight is 138 g/mol. The van der Waals surface area contributed by atoms with Crippen molar-refractivity contribution in [3.05, 3.63) is 24.8 Å². The Bertz CT molecular complexity index is 264. The number of rotatable bonds is 2. The van der Waals surface area contributed by atoms with Crippen LogP contribution < -0.4 is 0 Å². The molecule has 4 nitrogen and oxygen atoms in total. The first-order valence-corrected chi connectivity index (χ1v) is 2.63. The maximum atomic E-state index is 10.2. The zero-order chi connectivity index (χ0) is 7.56. The van der Waals surface area contributed by atoms with Crippen molar-refractivity contribution in [2.45, 2.75) is 0 Å². The third-order valence-electron chi connectivity index (χ3n) is 1.03. The van der Waals surface area contributed by atoms with E-state index in [1.807, 2.05) is 0 Å². The van der Waals surface area contributed by atoms with Gasteiger partial charge in [0.2, 0.25) is 0 Å². The molecule has 1 rings (SSSR count). The second-order valence-corrected chi connectivity index (χ2v) is 1.69. The molecular weight excluding hydrogens is 132 g/mol. The maximum absolute atomic E-state index is 10.2. The fraction of sp³-hybridized carbons (Fsp3) is 0. The Kier molecular flexibility index (Phi) is 1.53. The number of carbonyl (C=O) groups is 1. The third kappa shape index (κ3) is 1.05. The summed E-state index contributed by atoms with van der Waals surface area (Å²) in [6.07, 6.45) is 4.24. The first-order valence-electron chi connectivity index (χ1n) is 2.63. The molecule has 0 saturated carbocycles. The molecule has 0 unspecified atom stereocenters. The van der Waals surface area contributed by atoms with Crippen molar-refractivity contribution in [2.24, 2.45) is 0 Å². The number of imidazole rings is 1. The number of hydrogen-bond acceptors (Lipinski definition) is 2. The highest BCUT2D eigenvalue weighted by molar-refractivity contribution is 5.85. The van der Waals surface area contributed by atoms with Crippen molar-refractivity contribution in [3.8, 4) is 0 Å². The van der Waals surface area contributed by atoms with E-state index in [1.165, 1.54) is 23.3 Å². The monoisotopic (exact) mass is 138 g/mol. The molecule has 4 heteroatoms. The molecule has 0 fully saturated rings. The Hall–Kier alpha value is -1.58. The normalized spacial score (nSPS) is 9.20. The number of aromatic nitrogens is 2. The van der Waals surface area contributed by atoms with Crippen molar-refractivity contribution < 1.29 is 9.90 Å². The molecule has 0 spiro atoms. The smallest absolute Gasteiger partial charge is 0.356 e. The molecule has 0 saturated heterocycles. The van der Waals surface area contributed by atoms with Crippen LogP contribution in [-0.4, -0.2) is 20.6 Å². The SMILES string of the molecule is C=Cn1cnc(C(=O)O)c1. The van der Waals surface area contributed by atoms with E-state index in [1.54, 1.807) is 0 Å². The number of aromatic carboxylic acids is 1. The summed E-state index contributed by atoms with van der Waals surface area (Å²) in [5.41, 5.74) is 0.0277. The van der Waals surface area contributed by atoms with Crippen LogP contribution in [0.25, 0.3) is 6.20 Å². The minimum absolute atomic E-state index is 0.0277. The van der Waals surface area contributed by atoms with Gasteiger partial charge in [-0.05, 0) is 0 Å². The molecule has 0 atom stereocenters. The fourth-order valence-electron chi connectivity index (χ4n) is 0.547. The number of carboxylic acid groups (broad SMARTS) is 1. The van der Waals surface area contributed by atoms with Crippen LogP contribution in [0.15, 0.2) is 19.1 Å². The number of hydrogen-bond donors (Lipinski definition) is 1. The fourth-order valence-corrected chi connectivity index (χ4v) is 0.547. The highest BCUT2D eigenvalue weighted by atomic mass is 16.4. The second-order valence-electron chi connectivity index (χ2n) is 1.69. The van der Waals surface area contributed by atoms with Crippen LogP contribution in [0.4, 0.5) is 0 Å². The molecule has 0 aliphatic carbocycles. The van der Waals surface area contributed by atoms with Gasteiger partial charge >= 0.3 is 5.97 Å². The first kappa shape index (κ1) is 6.54. The van der Waals surface area contributed by atoms with Gasteiger partial charge < -0.3 is 9.67 Å². The van der Waals surface area contributed by atoms with E-state index in [0.717, 1.165) is 0 Å². The molecule has 0 aliphatic rings. The van der Waals surface area contributed by atoms with Crippen LogP contribution in [-0.2, 0) is 0 Å². The second kappa shape index (κ2) is 2.34. The predicted molar refractivity (Wildman–Crippen MR) is 35.6 cm³/mol. The van der Waals surface area contributed by atoms with Gasteiger partial charge in [-0.2, -0.15) is 0 Å². The summed E-state index contributed by atoms with van der Waals surface area (Å²) in [4.78, 5) is 13.8. The van der Waals surface area contributed by atoms with E-state index in [4.69, 9.17) is 5.11 Å². The van der Waals surface area contributed by atoms with Gasteiger partial charge in [-0.15, -0.1) is 0 Å². The Balaban J connectivity index is 2.98. The molecule has 10 heavy (non-hydrogen) atoms. The Morgan fingerprint density at radius 1 is 1.90 bits per heavy atom. The molecule has 0 radical (unpaired) electrons. The maximum Gasteiger partial charge on any atom is 0.356 e. The lowest BCUT2D eigenvalue weighted by atomic mass is 10.5. The largest absolute Gasteiger partial charge is 0.476 e. The van der Waals surface area contributed by atoms with Crippen molar-refractivity contribution in [1.29, 1.82) is 0 Å². The first-order chi connectivity index (χ1) is 4.74. The standard InChI is InChI=1S/C6H6N2O2/c1-2-8-3-5(6(9)10)7-4-8/h2-4H,1H2,(H,9,10). The summed E-state index contributed by atoms with van der Waals surface area (Å²) >= 11 is 0. The summed E-state index contributed by atoms with van der Waals surface area (Å²) in [5.74, 6) is -1.03. The van der Waals surface area contributed by atoms with Gasteiger partial charge in [-0.3, -0.25) is 0 Å². The summed E-state index contributed by atoms with van der Waals surface area (Å²) in [7, 11) is 0. The molecule has 1 heterocycles. The van der Waals surface area contributed by atoms with Crippen molar-refractivity contribution in [1.82, 2.24) is 9.55 Å². The molecular formula is C6H6N2O2. The summed E-state index contributed by atoms with van der Waals surface area (Å²) in [6.45, 7) is 3.43. The summed E-state index contributed by atoms with van der Waals surface area (Å²) in [6, 6.07) is 0. The van der Waals surface area contributed by atoms with E-state index < -0.39 is 5.97 Å². The zero-order valence-corrected chi connectivity index (χ0v) is 5.19. The lowest BCUT2D eigenvalue weighted by Crippen LogP contribution is -1.94. The lowest BCUT2D eigenvalue weighted by molar-refractivity contribution is 0.0691. The highest BCUT2D eigenvalue weighted by Gasteiger charge is 2.03.